The van der Waals surface area contributed by atoms with E-state index in [9.17, 15) is 0 Å². The lowest BCUT2D eigenvalue weighted by molar-refractivity contribution is 0.697. The number of nitrogens with one attached hydrogen (secondary N) is 1. The molecular formula is C17H14Cl2N2. The number of rotatable bonds is 3. The van der Waals surface area contributed by atoms with E-state index in [2.05, 4.69) is 22.4 Å². The number of halogens is 2. The Labute approximate surface area is 133 Å². The highest BCUT2D eigenvalue weighted by Crippen LogP contribution is 2.35. The molecule has 0 saturated heterocycles. The molecule has 0 amide bonds. The molecule has 21 heavy (non-hydrogen) atoms. The quantitative estimate of drug-likeness (QED) is 0.747. The largest absolute Gasteiger partial charge is 0.309 e. The van der Waals surface area contributed by atoms with Crippen LogP contribution in [0.3, 0.4) is 0 Å². The van der Waals surface area contributed by atoms with Crippen molar-refractivity contribution in [1.82, 2.24) is 10.3 Å². The van der Waals surface area contributed by atoms with Crippen molar-refractivity contribution in [1.29, 1.82) is 0 Å². The van der Waals surface area contributed by atoms with Crippen molar-refractivity contribution in [2.24, 2.45) is 0 Å². The van der Waals surface area contributed by atoms with Gasteiger partial charge in [0.2, 0.25) is 0 Å². The molecule has 3 aromatic rings. The fourth-order valence-electron chi connectivity index (χ4n) is 2.61. The number of benzene rings is 2. The Morgan fingerprint density at radius 2 is 1.76 bits per heavy atom. The average molecular weight is 317 g/mol. The first-order valence-electron chi connectivity index (χ1n) is 6.66. The highest BCUT2D eigenvalue weighted by atomic mass is 35.5. The second kappa shape index (κ2) is 6.02. The van der Waals surface area contributed by atoms with E-state index in [1.807, 2.05) is 37.5 Å². The summed E-state index contributed by atoms with van der Waals surface area (Å²) in [4.78, 5) is 4.24. The van der Waals surface area contributed by atoms with E-state index in [0.29, 0.717) is 10.0 Å². The zero-order chi connectivity index (χ0) is 14.8. The third-order valence-corrected chi connectivity index (χ3v) is 4.44. The maximum atomic E-state index is 6.38. The molecule has 0 fully saturated rings. The van der Waals surface area contributed by atoms with Crippen molar-refractivity contribution in [3.05, 3.63) is 76.0 Å². The Balaban J connectivity index is 2.21. The summed E-state index contributed by atoms with van der Waals surface area (Å²) in [6.07, 6.45) is 3.68. The van der Waals surface area contributed by atoms with Crippen LogP contribution in [0.4, 0.5) is 0 Å². The first-order chi connectivity index (χ1) is 10.2. The molecule has 0 saturated carbocycles. The summed E-state index contributed by atoms with van der Waals surface area (Å²) in [7, 11) is 1.91. The van der Waals surface area contributed by atoms with Crippen molar-refractivity contribution < 1.29 is 0 Å². The molecule has 106 valence electrons. The summed E-state index contributed by atoms with van der Waals surface area (Å²) in [5.74, 6) is 0. The second-order valence-corrected chi connectivity index (χ2v) is 5.59. The summed E-state index contributed by atoms with van der Waals surface area (Å²) < 4.78 is 0. The lowest BCUT2D eigenvalue weighted by Gasteiger charge is -2.20. The van der Waals surface area contributed by atoms with E-state index < -0.39 is 0 Å². The third-order valence-electron chi connectivity index (χ3n) is 3.61. The number of aromatic nitrogens is 1. The Kier molecular flexibility index (Phi) is 4.11. The molecule has 0 spiro atoms. The molecule has 2 nitrogen and oxygen atoms in total. The van der Waals surface area contributed by atoms with E-state index >= 15 is 0 Å². The monoisotopic (exact) mass is 316 g/mol. The fraction of sp³-hybridized carbons (Fsp3) is 0.118. The minimum absolute atomic E-state index is 0.0379. The van der Waals surface area contributed by atoms with E-state index in [0.717, 1.165) is 21.9 Å². The molecule has 1 aromatic heterocycles. The molecular weight excluding hydrogens is 303 g/mol. The van der Waals surface area contributed by atoms with Crippen LogP contribution < -0.4 is 5.32 Å². The molecule has 0 aliphatic rings. The van der Waals surface area contributed by atoms with Crippen LogP contribution in [0.25, 0.3) is 10.8 Å². The second-order valence-electron chi connectivity index (χ2n) is 4.81. The van der Waals surface area contributed by atoms with Crippen molar-refractivity contribution in [3.63, 3.8) is 0 Å². The molecule has 1 unspecified atom stereocenters. The van der Waals surface area contributed by atoms with Gasteiger partial charge in [-0.3, -0.25) is 4.98 Å². The lowest BCUT2D eigenvalue weighted by Crippen LogP contribution is -2.18. The molecule has 2 aromatic carbocycles. The summed E-state index contributed by atoms with van der Waals surface area (Å²) >= 11 is 12.5. The standard InChI is InChI=1S/C17H14Cl2N2/c1-20-17(13-6-3-7-15(18)16(13)19)12-5-2-4-11-8-9-21-10-14(11)12/h2-10,17,20H,1H3. The maximum absolute atomic E-state index is 6.38. The van der Waals surface area contributed by atoms with Gasteiger partial charge in [0.1, 0.15) is 0 Å². The molecule has 1 N–H and O–H groups in total. The molecule has 1 heterocycles. The van der Waals surface area contributed by atoms with E-state index in [-0.39, 0.29) is 6.04 Å². The number of nitrogens with zero attached hydrogens (tertiary/aromatic N) is 1. The van der Waals surface area contributed by atoms with Gasteiger partial charge in [-0.25, -0.2) is 0 Å². The van der Waals surface area contributed by atoms with Gasteiger partial charge < -0.3 is 5.32 Å². The summed E-state index contributed by atoms with van der Waals surface area (Å²) in [6, 6.07) is 13.9. The molecule has 4 heteroatoms. The number of fused-ring (bicyclic) bond motifs is 1. The van der Waals surface area contributed by atoms with Gasteiger partial charge in [-0.2, -0.15) is 0 Å². The Morgan fingerprint density at radius 3 is 2.57 bits per heavy atom. The number of pyridine rings is 1. The molecule has 0 aliphatic carbocycles. The van der Waals surface area contributed by atoms with Crippen LogP contribution in [0.5, 0.6) is 0 Å². The van der Waals surface area contributed by atoms with Crippen LogP contribution in [0, 0.1) is 0 Å². The lowest BCUT2D eigenvalue weighted by atomic mass is 9.94. The van der Waals surface area contributed by atoms with Gasteiger partial charge >= 0.3 is 0 Å². The molecule has 1 atom stereocenters. The van der Waals surface area contributed by atoms with Gasteiger partial charge in [-0.1, -0.05) is 53.5 Å². The predicted molar refractivity (Wildman–Crippen MR) is 89.1 cm³/mol. The van der Waals surface area contributed by atoms with Crippen LogP contribution in [-0.4, -0.2) is 12.0 Å². The van der Waals surface area contributed by atoms with Crippen LogP contribution in [-0.2, 0) is 0 Å². The Hall–Kier alpha value is -1.61. The highest BCUT2D eigenvalue weighted by Gasteiger charge is 2.18. The van der Waals surface area contributed by atoms with Gasteiger partial charge in [-0.15, -0.1) is 0 Å². The van der Waals surface area contributed by atoms with Gasteiger partial charge in [0.25, 0.3) is 0 Å². The summed E-state index contributed by atoms with van der Waals surface area (Å²) in [5, 5.41) is 6.73. The number of hydrogen-bond acceptors (Lipinski definition) is 2. The van der Waals surface area contributed by atoms with Crippen molar-refractivity contribution in [3.8, 4) is 0 Å². The molecule has 0 bridgehead atoms. The van der Waals surface area contributed by atoms with Crippen LogP contribution in [0.15, 0.2) is 54.9 Å². The first-order valence-corrected chi connectivity index (χ1v) is 7.42. The normalized spacial score (nSPS) is 12.5. The zero-order valence-electron chi connectivity index (χ0n) is 11.5. The van der Waals surface area contributed by atoms with Crippen LogP contribution in [0.1, 0.15) is 17.2 Å². The van der Waals surface area contributed by atoms with Crippen molar-refractivity contribution >= 4 is 34.0 Å². The Morgan fingerprint density at radius 1 is 1.00 bits per heavy atom. The SMILES string of the molecule is CNC(c1cccc(Cl)c1Cl)c1cccc2ccncc12. The van der Waals surface area contributed by atoms with Gasteiger partial charge in [0.05, 0.1) is 16.1 Å². The van der Waals surface area contributed by atoms with Crippen molar-refractivity contribution in [2.75, 3.05) is 7.05 Å². The molecule has 0 radical (unpaired) electrons. The maximum Gasteiger partial charge on any atom is 0.0643 e. The first kappa shape index (κ1) is 14.3. The van der Waals surface area contributed by atoms with E-state index in [4.69, 9.17) is 23.2 Å². The summed E-state index contributed by atoms with van der Waals surface area (Å²) in [5.41, 5.74) is 2.09. The third kappa shape index (κ3) is 2.62. The molecule has 0 aliphatic heterocycles. The zero-order valence-corrected chi connectivity index (χ0v) is 13.0. The van der Waals surface area contributed by atoms with Crippen LogP contribution in [0.2, 0.25) is 10.0 Å². The van der Waals surface area contributed by atoms with E-state index in [1.165, 1.54) is 0 Å². The summed E-state index contributed by atoms with van der Waals surface area (Å²) in [6.45, 7) is 0. The van der Waals surface area contributed by atoms with Crippen molar-refractivity contribution in [2.45, 2.75) is 6.04 Å². The van der Waals surface area contributed by atoms with E-state index in [1.54, 1.807) is 12.3 Å². The minimum Gasteiger partial charge on any atom is -0.309 e. The van der Waals surface area contributed by atoms with Gasteiger partial charge in [0, 0.05) is 17.8 Å². The van der Waals surface area contributed by atoms with Gasteiger partial charge in [-0.05, 0) is 35.7 Å². The minimum atomic E-state index is -0.0379. The van der Waals surface area contributed by atoms with Gasteiger partial charge in [0.15, 0.2) is 0 Å². The highest BCUT2D eigenvalue weighted by molar-refractivity contribution is 6.42. The number of hydrogen-bond donors (Lipinski definition) is 1. The topological polar surface area (TPSA) is 24.9 Å². The predicted octanol–water partition coefficient (Wildman–Crippen LogP) is 4.85. The van der Waals surface area contributed by atoms with Crippen LogP contribution >= 0.6 is 23.2 Å². The fourth-order valence-corrected chi connectivity index (χ4v) is 3.03. The molecule has 3 rings (SSSR count). The smallest absolute Gasteiger partial charge is 0.0643 e. The average Bonchev–Trinajstić information content (AvgIpc) is 2.52. The Bertz CT molecular complexity index is 781.